The molecule has 142 valence electrons. The molecular weight excluding hydrogens is 354 g/mol. The van der Waals surface area contributed by atoms with Gasteiger partial charge in [0.05, 0.1) is 11.5 Å². The summed E-state index contributed by atoms with van der Waals surface area (Å²) in [5, 5.41) is 10.6. The van der Waals surface area contributed by atoms with Crippen LogP contribution in [0.15, 0.2) is 48.5 Å². The van der Waals surface area contributed by atoms with E-state index in [1.54, 1.807) is 24.3 Å². The van der Waals surface area contributed by atoms with E-state index in [4.69, 9.17) is 9.47 Å². The maximum absolute atomic E-state index is 12.1. The second-order valence-corrected chi connectivity index (χ2v) is 5.28. The number of hydrazine groups is 1. The minimum absolute atomic E-state index is 0.126. The molecule has 2 amide bonds. The van der Waals surface area contributed by atoms with Crippen LogP contribution >= 0.6 is 0 Å². The third kappa shape index (κ3) is 6.08. The van der Waals surface area contributed by atoms with Gasteiger partial charge in [0.25, 0.3) is 17.5 Å². The Morgan fingerprint density at radius 3 is 1.93 bits per heavy atom. The zero-order valence-electron chi connectivity index (χ0n) is 14.6. The summed E-state index contributed by atoms with van der Waals surface area (Å²) in [4.78, 5) is 34.1. The zero-order chi connectivity index (χ0) is 19.6. The molecule has 0 aliphatic heterocycles. The Hall–Kier alpha value is -3.46. The molecule has 0 aromatic heterocycles. The summed E-state index contributed by atoms with van der Waals surface area (Å²) >= 11 is 0. The lowest BCUT2D eigenvalue weighted by Gasteiger charge is -2.09. The summed E-state index contributed by atoms with van der Waals surface area (Å²) in [5.74, 6) is -0.499. The first kappa shape index (κ1) is 19.9. The number of nitrogens with one attached hydrogen (secondary N) is 2. The van der Waals surface area contributed by atoms with Gasteiger partial charge >= 0.3 is 0 Å². The van der Waals surface area contributed by atoms with Gasteiger partial charge in [0.1, 0.15) is 12.4 Å². The Labute approximate surface area is 155 Å². The van der Waals surface area contributed by atoms with Crippen molar-refractivity contribution in [1.29, 1.82) is 0 Å². The number of nitrogens with zero attached hydrogens (tertiary/aromatic N) is 1. The van der Waals surface area contributed by atoms with Crippen LogP contribution in [0.5, 0.6) is 5.75 Å². The van der Waals surface area contributed by atoms with Gasteiger partial charge in [-0.1, -0.05) is 0 Å². The van der Waals surface area contributed by atoms with Crippen molar-refractivity contribution in [3.05, 3.63) is 69.8 Å². The Balaban J connectivity index is 1.84. The maximum Gasteiger partial charge on any atom is 0.269 e. The molecule has 2 aromatic carbocycles. The van der Waals surface area contributed by atoms with E-state index < -0.39 is 16.7 Å². The van der Waals surface area contributed by atoms with Crippen LogP contribution in [-0.2, 0) is 4.74 Å². The van der Waals surface area contributed by atoms with Crippen LogP contribution in [0.2, 0.25) is 0 Å². The summed E-state index contributed by atoms with van der Waals surface area (Å²) in [6.45, 7) is 3.40. The number of hydrogen-bond donors (Lipinski definition) is 2. The highest BCUT2D eigenvalue weighted by Crippen LogP contribution is 2.13. The fraction of sp³-hybridized carbons (Fsp3) is 0.222. The molecule has 0 unspecified atom stereocenters. The van der Waals surface area contributed by atoms with E-state index in [1.165, 1.54) is 24.3 Å². The van der Waals surface area contributed by atoms with E-state index in [0.717, 1.165) is 0 Å². The summed E-state index contributed by atoms with van der Waals surface area (Å²) in [6, 6.07) is 11.4. The fourth-order valence-electron chi connectivity index (χ4n) is 2.06. The van der Waals surface area contributed by atoms with Gasteiger partial charge in [0, 0.05) is 29.9 Å². The van der Waals surface area contributed by atoms with E-state index >= 15 is 0 Å². The number of hydrogen-bond acceptors (Lipinski definition) is 6. The lowest BCUT2D eigenvalue weighted by Crippen LogP contribution is -2.41. The first-order chi connectivity index (χ1) is 13.0. The monoisotopic (exact) mass is 373 g/mol. The number of amides is 2. The van der Waals surface area contributed by atoms with Crippen molar-refractivity contribution in [3.63, 3.8) is 0 Å². The molecule has 2 rings (SSSR count). The van der Waals surface area contributed by atoms with Gasteiger partial charge in [-0.3, -0.25) is 30.6 Å². The first-order valence-corrected chi connectivity index (χ1v) is 8.17. The van der Waals surface area contributed by atoms with Gasteiger partial charge in [0.2, 0.25) is 0 Å². The van der Waals surface area contributed by atoms with E-state index in [9.17, 15) is 19.7 Å². The number of rotatable bonds is 8. The summed E-state index contributed by atoms with van der Waals surface area (Å²) in [7, 11) is 0. The van der Waals surface area contributed by atoms with Gasteiger partial charge in [-0.15, -0.1) is 0 Å². The van der Waals surface area contributed by atoms with Crippen molar-refractivity contribution in [2.75, 3.05) is 19.8 Å². The Bertz CT molecular complexity index is 790. The SMILES string of the molecule is CCOCCOc1ccc(C(=O)NNC(=O)c2ccc([N+](=O)[O-])cc2)cc1. The maximum atomic E-state index is 12.1. The standard InChI is InChI=1S/C18H19N3O6/c1-2-26-11-12-27-16-9-5-14(6-10-16)18(23)20-19-17(22)13-3-7-15(8-4-13)21(24)25/h3-10H,2,11-12H2,1H3,(H,19,22)(H,20,23). The predicted octanol–water partition coefficient (Wildman–Crippen LogP) is 2.08. The van der Waals surface area contributed by atoms with E-state index in [2.05, 4.69) is 10.9 Å². The molecule has 0 aliphatic carbocycles. The van der Waals surface area contributed by atoms with E-state index in [-0.39, 0.29) is 11.3 Å². The number of carbonyl (C=O) groups is 2. The quantitative estimate of drug-likeness (QED) is 0.415. The van der Waals surface area contributed by atoms with Gasteiger partial charge < -0.3 is 9.47 Å². The molecule has 0 fully saturated rings. The van der Waals surface area contributed by atoms with Crippen LogP contribution in [0.1, 0.15) is 27.6 Å². The van der Waals surface area contributed by atoms with Crippen molar-refractivity contribution in [3.8, 4) is 5.75 Å². The molecular formula is C18H19N3O6. The molecule has 9 heteroatoms. The minimum atomic E-state index is -0.589. The average Bonchev–Trinajstić information content (AvgIpc) is 2.69. The van der Waals surface area contributed by atoms with Gasteiger partial charge in [-0.05, 0) is 43.3 Å². The fourth-order valence-corrected chi connectivity index (χ4v) is 2.06. The normalized spacial score (nSPS) is 10.1. The Morgan fingerprint density at radius 1 is 0.926 bits per heavy atom. The van der Waals surface area contributed by atoms with Crippen LogP contribution in [0.3, 0.4) is 0 Å². The second-order valence-electron chi connectivity index (χ2n) is 5.28. The molecule has 0 atom stereocenters. The summed E-state index contributed by atoms with van der Waals surface area (Å²) in [6.07, 6.45) is 0. The molecule has 0 saturated carbocycles. The lowest BCUT2D eigenvalue weighted by atomic mass is 10.2. The second kappa shape index (κ2) is 9.88. The van der Waals surface area contributed by atoms with Gasteiger partial charge in [-0.25, -0.2) is 0 Å². The highest BCUT2D eigenvalue weighted by atomic mass is 16.6. The first-order valence-electron chi connectivity index (χ1n) is 8.17. The third-order valence-electron chi connectivity index (χ3n) is 3.45. The molecule has 0 spiro atoms. The minimum Gasteiger partial charge on any atom is -0.491 e. The lowest BCUT2D eigenvalue weighted by molar-refractivity contribution is -0.384. The number of benzene rings is 2. The van der Waals surface area contributed by atoms with Crippen LogP contribution in [-0.4, -0.2) is 36.6 Å². The zero-order valence-corrected chi connectivity index (χ0v) is 14.6. The van der Waals surface area contributed by atoms with Crippen LogP contribution in [0.4, 0.5) is 5.69 Å². The molecule has 0 heterocycles. The van der Waals surface area contributed by atoms with Crippen LogP contribution < -0.4 is 15.6 Å². The van der Waals surface area contributed by atoms with Crippen LogP contribution in [0.25, 0.3) is 0 Å². The number of nitro groups is 1. The molecule has 0 radical (unpaired) electrons. The summed E-state index contributed by atoms with van der Waals surface area (Å²) < 4.78 is 10.6. The topological polar surface area (TPSA) is 120 Å². The number of non-ortho nitro benzene ring substituents is 1. The van der Waals surface area contributed by atoms with Gasteiger partial charge in [0.15, 0.2) is 0 Å². The van der Waals surface area contributed by atoms with E-state index in [1.807, 2.05) is 6.92 Å². The highest BCUT2D eigenvalue weighted by molar-refractivity contribution is 5.99. The number of ether oxygens (including phenoxy) is 2. The van der Waals surface area contributed by atoms with Crippen molar-refractivity contribution >= 4 is 17.5 Å². The van der Waals surface area contributed by atoms with Gasteiger partial charge in [-0.2, -0.15) is 0 Å². The Kier molecular flexibility index (Phi) is 7.26. The summed E-state index contributed by atoms with van der Waals surface area (Å²) in [5.41, 5.74) is 4.92. The molecule has 2 aromatic rings. The van der Waals surface area contributed by atoms with E-state index in [0.29, 0.717) is 31.1 Å². The predicted molar refractivity (Wildman–Crippen MR) is 96.5 cm³/mol. The largest absolute Gasteiger partial charge is 0.491 e. The molecule has 2 N–H and O–H groups in total. The van der Waals surface area contributed by atoms with Crippen molar-refractivity contribution in [2.24, 2.45) is 0 Å². The highest BCUT2D eigenvalue weighted by Gasteiger charge is 2.11. The number of carbonyl (C=O) groups excluding carboxylic acids is 2. The van der Waals surface area contributed by atoms with Crippen molar-refractivity contribution in [2.45, 2.75) is 6.92 Å². The molecule has 27 heavy (non-hydrogen) atoms. The van der Waals surface area contributed by atoms with Crippen LogP contribution in [0, 0.1) is 10.1 Å². The molecule has 0 aliphatic rings. The molecule has 0 saturated heterocycles. The molecule has 0 bridgehead atoms. The van der Waals surface area contributed by atoms with Crippen molar-refractivity contribution in [1.82, 2.24) is 10.9 Å². The third-order valence-corrected chi connectivity index (χ3v) is 3.45. The average molecular weight is 373 g/mol. The molecule has 9 nitrogen and oxygen atoms in total. The number of nitro benzene ring substituents is 1. The Morgan fingerprint density at radius 2 is 1.44 bits per heavy atom. The smallest absolute Gasteiger partial charge is 0.269 e. The van der Waals surface area contributed by atoms with Crippen molar-refractivity contribution < 1.29 is 24.0 Å².